The molecule has 1 aliphatic heterocycles. The van der Waals surface area contributed by atoms with Gasteiger partial charge < -0.3 is 5.32 Å². The van der Waals surface area contributed by atoms with E-state index in [2.05, 4.69) is 21.2 Å². The summed E-state index contributed by atoms with van der Waals surface area (Å²) in [6.07, 6.45) is 0. The molecule has 0 amide bonds. The van der Waals surface area contributed by atoms with Crippen molar-refractivity contribution in [1.82, 2.24) is 9.62 Å². The van der Waals surface area contributed by atoms with Crippen molar-refractivity contribution in [2.45, 2.75) is 37.8 Å². The SMILES string of the molecule is Cc1cc(Br)ccc1S(=O)(=O)N1CCNC(C)C1C. The molecule has 1 N–H and O–H groups in total. The summed E-state index contributed by atoms with van der Waals surface area (Å²) in [6, 6.07) is 5.41. The van der Waals surface area contributed by atoms with Crippen LogP contribution in [0.1, 0.15) is 19.4 Å². The Morgan fingerprint density at radius 3 is 2.68 bits per heavy atom. The van der Waals surface area contributed by atoms with Crippen molar-refractivity contribution in [2.24, 2.45) is 0 Å². The fourth-order valence-electron chi connectivity index (χ4n) is 2.39. The summed E-state index contributed by atoms with van der Waals surface area (Å²) < 4.78 is 28.0. The second-order valence-corrected chi connectivity index (χ2v) is 7.78. The molecule has 0 radical (unpaired) electrons. The summed E-state index contributed by atoms with van der Waals surface area (Å²) in [5, 5.41) is 3.30. The average molecular weight is 347 g/mol. The summed E-state index contributed by atoms with van der Waals surface area (Å²) >= 11 is 3.36. The van der Waals surface area contributed by atoms with E-state index in [9.17, 15) is 8.42 Å². The van der Waals surface area contributed by atoms with Gasteiger partial charge in [0.2, 0.25) is 10.0 Å². The van der Waals surface area contributed by atoms with E-state index in [1.807, 2.05) is 26.8 Å². The van der Waals surface area contributed by atoms with Crippen LogP contribution in [-0.2, 0) is 10.0 Å². The third-order valence-electron chi connectivity index (χ3n) is 3.70. The number of halogens is 1. The molecule has 0 saturated carbocycles. The molecular formula is C13H19BrN2O2S. The number of aryl methyl sites for hydroxylation is 1. The fraction of sp³-hybridized carbons (Fsp3) is 0.538. The summed E-state index contributed by atoms with van der Waals surface area (Å²) in [5.41, 5.74) is 0.771. The van der Waals surface area contributed by atoms with Crippen molar-refractivity contribution in [3.05, 3.63) is 28.2 Å². The highest BCUT2D eigenvalue weighted by atomic mass is 79.9. The molecule has 2 unspecified atom stereocenters. The van der Waals surface area contributed by atoms with E-state index in [1.165, 1.54) is 0 Å². The molecule has 19 heavy (non-hydrogen) atoms. The van der Waals surface area contributed by atoms with E-state index in [-0.39, 0.29) is 12.1 Å². The van der Waals surface area contributed by atoms with Crippen molar-refractivity contribution in [2.75, 3.05) is 13.1 Å². The van der Waals surface area contributed by atoms with Crippen molar-refractivity contribution in [3.63, 3.8) is 0 Å². The maximum Gasteiger partial charge on any atom is 0.243 e. The molecule has 0 aromatic heterocycles. The highest BCUT2D eigenvalue weighted by Crippen LogP contribution is 2.26. The van der Waals surface area contributed by atoms with Gasteiger partial charge in [0, 0.05) is 29.6 Å². The van der Waals surface area contributed by atoms with Crippen LogP contribution in [0.4, 0.5) is 0 Å². The number of sulfonamides is 1. The zero-order valence-electron chi connectivity index (χ0n) is 11.4. The highest BCUT2D eigenvalue weighted by Gasteiger charge is 2.34. The Bertz CT molecular complexity index is 574. The third-order valence-corrected chi connectivity index (χ3v) is 6.34. The van der Waals surface area contributed by atoms with Crippen molar-refractivity contribution >= 4 is 26.0 Å². The average Bonchev–Trinajstić information content (AvgIpc) is 2.31. The van der Waals surface area contributed by atoms with Crippen molar-refractivity contribution in [3.8, 4) is 0 Å². The lowest BCUT2D eigenvalue weighted by Crippen LogP contribution is -2.57. The zero-order chi connectivity index (χ0) is 14.2. The molecular weight excluding hydrogens is 328 g/mol. The van der Waals surface area contributed by atoms with Gasteiger partial charge in [0.1, 0.15) is 0 Å². The molecule has 1 saturated heterocycles. The maximum absolute atomic E-state index is 12.8. The maximum atomic E-state index is 12.8. The molecule has 4 nitrogen and oxygen atoms in total. The molecule has 0 bridgehead atoms. The topological polar surface area (TPSA) is 49.4 Å². The Morgan fingerprint density at radius 2 is 2.05 bits per heavy atom. The molecule has 1 aromatic carbocycles. The van der Waals surface area contributed by atoms with Gasteiger partial charge in [-0.1, -0.05) is 15.9 Å². The Hall–Kier alpha value is -0.430. The summed E-state index contributed by atoms with van der Waals surface area (Å²) in [4.78, 5) is 0.400. The van der Waals surface area contributed by atoms with E-state index in [0.29, 0.717) is 18.0 Å². The summed E-state index contributed by atoms with van der Waals surface area (Å²) in [6.45, 7) is 7.00. The minimum absolute atomic E-state index is 0.0400. The van der Waals surface area contributed by atoms with Crippen LogP contribution in [0.3, 0.4) is 0 Å². The quantitative estimate of drug-likeness (QED) is 0.892. The zero-order valence-corrected chi connectivity index (χ0v) is 13.8. The predicted octanol–water partition coefficient (Wildman–Crippen LogP) is 2.13. The number of piperazine rings is 1. The first kappa shape index (κ1) is 15.0. The largest absolute Gasteiger partial charge is 0.311 e. The van der Waals surface area contributed by atoms with Crippen LogP contribution in [0.25, 0.3) is 0 Å². The Labute approximate surface area is 123 Å². The van der Waals surface area contributed by atoms with Crippen LogP contribution < -0.4 is 5.32 Å². The highest BCUT2D eigenvalue weighted by molar-refractivity contribution is 9.10. The van der Waals surface area contributed by atoms with E-state index >= 15 is 0 Å². The minimum atomic E-state index is -3.42. The smallest absolute Gasteiger partial charge is 0.243 e. The molecule has 2 rings (SSSR count). The standard InChI is InChI=1S/C13H19BrN2O2S/c1-9-8-12(14)4-5-13(9)19(17,18)16-7-6-15-10(2)11(16)3/h4-5,8,10-11,15H,6-7H2,1-3H3. The number of nitrogens with zero attached hydrogens (tertiary/aromatic N) is 1. The number of hydrogen-bond acceptors (Lipinski definition) is 3. The predicted molar refractivity (Wildman–Crippen MR) is 79.7 cm³/mol. The van der Waals surface area contributed by atoms with E-state index in [1.54, 1.807) is 16.4 Å². The number of nitrogens with one attached hydrogen (secondary N) is 1. The Morgan fingerprint density at radius 1 is 1.37 bits per heavy atom. The molecule has 106 valence electrons. The first-order valence-corrected chi connectivity index (χ1v) is 8.58. The molecule has 1 aromatic rings. The van der Waals surface area contributed by atoms with Gasteiger partial charge in [-0.05, 0) is 44.5 Å². The molecule has 0 spiro atoms. The Kier molecular flexibility index (Phi) is 4.35. The van der Waals surface area contributed by atoms with Crippen molar-refractivity contribution in [1.29, 1.82) is 0 Å². The molecule has 1 fully saturated rings. The van der Waals surface area contributed by atoms with Crippen molar-refractivity contribution < 1.29 is 8.42 Å². The van der Waals surface area contributed by atoms with Crippen LogP contribution in [-0.4, -0.2) is 37.9 Å². The normalized spacial score (nSPS) is 25.5. The van der Waals surface area contributed by atoms with E-state index < -0.39 is 10.0 Å². The molecule has 2 atom stereocenters. The van der Waals surface area contributed by atoms with Crippen LogP contribution in [0.2, 0.25) is 0 Å². The van der Waals surface area contributed by atoms with Gasteiger partial charge >= 0.3 is 0 Å². The van der Waals surface area contributed by atoms with Gasteiger partial charge in [-0.3, -0.25) is 0 Å². The minimum Gasteiger partial charge on any atom is -0.311 e. The van der Waals surface area contributed by atoms with Crippen LogP contribution >= 0.6 is 15.9 Å². The summed E-state index contributed by atoms with van der Waals surface area (Å²) in [7, 11) is -3.42. The van der Waals surface area contributed by atoms with Gasteiger partial charge in [0.15, 0.2) is 0 Å². The molecule has 1 heterocycles. The first-order valence-electron chi connectivity index (χ1n) is 6.35. The molecule has 6 heteroatoms. The second kappa shape index (κ2) is 5.52. The number of rotatable bonds is 2. The second-order valence-electron chi connectivity index (χ2n) is 5.01. The monoisotopic (exact) mass is 346 g/mol. The number of benzene rings is 1. The van der Waals surface area contributed by atoms with E-state index in [4.69, 9.17) is 0 Å². The molecule has 0 aliphatic carbocycles. The van der Waals surface area contributed by atoms with Gasteiger partial charge in [-0.2, -0.15) is 4.31 Å². The van der Waals surface area contributed by atoms with Gasteiger partial charge in [-0.25, -0.2) is 8.42 Å². The lowest BCUT2D eigenvalue weighted by atomic mass is 10.1. The summed E-state index contributed by atoms with van der Waals surface area (Å²) in [5.74, 6) is 0. The van der Waals surface area contributed by atoms with Gasteiger partial charge in [0.25, 0.3) is 0 Å². The first-order chi connectivity index (χ1) is 8.84. The fourth-order valence-corrected chi connectivity index (χ4v) is 4.78. The Balaban J connectivity index is 2.41. The lowest BCUT2D eigenvalue weighted by molar-refractivity contribution is 0.233. The van der Waals surface area contributed by atoms with Crippen LogP contribution in [0, 0.1) is 6.92 Å². The number of hydrogen-bond donors (Lipinski definition) is 1. The van der Waals surface area contributed by atoms with Crippen LogP contribution in [0.5, 0.6) is 0 Å². The molecule has 1 aliphatic rings. The van der Waals surface area contributed by atoms with Gasteiger partial charge in [0.05, 0.1) is 4.90 Å². The van der Waals surface area contributed by atoms with E-state index in [0.717, 1.165) is 10.0 Å². The lowest BCUT2D eigenvalue weighted by Gasteiger charge is -2.37. The van der Waals surface area contributed by atoms with Crippen LogP contribution in [0.15, 0.2) is 27.6 Å². The third kappa shape index (κ3) is 2.86. The van der Waals surface area contributed by atoms with Gasteiger partial charge in [-0.15, -0.1) is 0 Å².